The van der Waals surface area contributed by atoms with Crippen LogP contribution < -0.4 is 10.6 Å². The van der Waals surface area contributed by atoms with Crippen molar-refractivity contribution in [2.75, 3.05) is 6.54 Å². The molecule has 7 nitrogen and oxygen atoms in total. The maximum atomic E-state index is 14.5. The minimum absolute atomic E-state index is 0.178. The van der Waals surface area contributed by atoms with Crippen molar-refractivity contribution in [3.63, 3.8) is 0 Å². The molecule has 1 aromatic carbocycles. The van der Waals surface area contributed by atoms with E-state index in [4.69, 9.17) is 0 Å². The number of likely N-dealkylation sites (tertiary alicyclic amines) is 1. The lowest BCUT2D eigenvalue weighted by Gasteiger charge is -2.38. The molecule has 2 atom stereocenters. The van der Waals surface area contributed by atoms with Crippen LogP contribution in [0.3, 0.4) is 0 Å². The highest BCUT2D eigenvalue weighted by molar-refractivity contribution is 8.01. The summed E-state index contributed by atoms with van der Waals surface area (Å²) in [5.74, 6) is -1.28. The second kappa shape index (κ2) is 11.3. The zero-order valence-corrected chi connectivity index (χ0v) is 24.3. The van der Waals surface area contributed by atoms with Gasteiger partial charge in [-0.1, -0.05) is 38.1 Å². The summed E-state index contributed by atoms with van der Waals surface area (Å²) < 4.78 is 13.8. The van der Waals surface area contributed by atoms with Gasteiger partial charge in [-0.3, -0.25) is 14.4 Å². The zero-order chi connectivity index (χ0) is 27.7. The molecule has 4 rings (SSSR count). The van der Waals surface area contributed by atoms with E-state index in [1.807, 2.05) is 64.4 Å². The Morgan fingerprint density at radius 2 is 1.92 bits per heavy atom. The highest BCUT2D eigenvalue weighted by Crippen LogP contribution is 2.41. The number of halogens is 1. The SMILES string of the molecule is Cc1ncsc1-c1ccc(CNC(=O)C2CCCN2C(=O)C(NC(=O)C2(F)CC2)C(C)(C)SC(C)C)cc1. The second-order valence-corrected chi connectivity index (χ2v) is 14.1. The summed E-state index contributed by atoms with van der Waals surface area (Å²) in [6.45, 7) is 10.6. The van der Waals surface area contributed by atoms with Crippen LogP contribution >= 0.6 is 23.1 Å². The smallest absolute Gasteiger partial charge is 0.258 e. The summed E-state index contributed by atoms with van der Waals surface area (Å²) in [6.07, 6.45) is 1.60. The fourth-order valence-corrected chi connectivity index (χ4v) is 7.26. The number of thiazole rings is 1. The predicted molar refractivity (Wildman–Crippen MR) is 151 cm³/mol. The van der Waals surface area contributed by atoms with Gasteiger partial charge in [0.25, 0.3) is 5.91 Å². The number of rotatable bonds is 10. The topological polar surface area (TPSA) is 91.4 Å². The molecule has 1 aromatic heterocycles. The number of aryl methyl sites for hydroxylation is 1. The number of hydrogen-bond donors (Lipinski definition) is 2. The molecule has 1 saturated carbocycles. The van der Waals surface area contributed by atoms with Crippen molar-refractivity contribution in [3.8, 4) is 10.4 Å². The molecule has 38 heavy (non-hydrogen) atoms. The zero-order valence-electron chi connectivity index (χ0n) is 22.7. The Labute approximate surface area is 232 Å². The van der Waals surface area contributed by atoms with E-state index in [1.54, 1.807) is 28.0 Å². The van der Waals surface area contributed by atoms with Gasteiger partial charge < -0.3 is 15.5 Å². The fourth-order valence-electron chi connectivity index (χ4n) is 4.93. The van der Waals surface area contributed by atoms with E-state index in [0.29, 0.717) is 25.9 Å². The summed E-state index contributed by atoms with van der Waals surface area (Å²) in [6, 6.07) is 6.44. The first-order chi connectivity index (χ1) is 17.9. The first-order valence-corrected chi connectivity index (χ1v) is 14.9. The summed E-state index contributed by atoms with van der Waals surface area (Å²) in [4.78, 5) is 46.6. The number of amides is 3. The van der Waals surface area contributed by atoms with Crippen LogP contribution in [0.2, 0.25) is 0 Å². The van der Waals surface area contributed by atoms with Crippen LogP contribution in [0.15, 0.2) is 29.8 Å². The minimum atomic E-state index is -1.88. The van der Waals surface area contributed by atoms with Gasteiger partial charge in [0.2, 0.25) is 11.8 Å². The molecular formula is C28H37FN4O3S2. The summed E-state index contributed by atoms with van der Waals surface area (Å²) >= 11 is 3.15. The van der Waals surface area contributed by atoms with Gasteiger partial charge in [-0.25, -0.2) is 9.37 Å². The van der Waals surface area contributed by atoms with Crippen molar-refractivity contribution < 1.29 is 18.8 Å². The Hall–Kier alpha value is -2.46. The summed E-state index contributed by atoms with van der Waals surface area (Å²) in [5.41, 5.74) is 2.98. The number of aromatic nitrogens is 1. The van der Waals surface area contributed by atoms with Crippen molar-refractivity contribution in [2.24, 2.45) is 0 Å². The van der Waals surface area contributed by atoms with E-state index in [2.05, 4.69) is 15.6 Å². The number of nitrogens with zero attached hydrogens (tertiary/aromatic N) is 2. The minimum Gasteiger partial charge on any atom is -0.350 e. The lowest BCUT2D eigenvalue weighted by atomic mass is 10.00. The van der Waals surface area contributed by atoms with Crippen molar-refractivity contribution in [1.29, 1.82) is 0 Å². The van der Waals surface area contributed by atoms with Crippen molar-refractivity contribution in [2.45, 2.75) is 94.6 Å². The Kier molecular flexibility index (Phi) is 8.52. The van der Waals surface area contributed by atoms with E-state index in [-0.39, 0.29) is 29.9 Å². The van der Waals surface area contributed by atoms with Gasteiger partial charge in [-0.05, 0) is 62.8 Å². The lowest BCUT2D eigenvalue weighted by Crippen LogP contribution is -2.61. The van der Waals surface area contributed by atoms with Gasteiger partial charge in [-0.2, -0.15) is 11.8 Å². The first kappa shape index (κ1) is 28.5. The molecule has 0 bridgehead atoms. The number of carbonyl (C=O) groups excluding carboxylic acids is 3. The van der Waals surface area contributed by atoms with E-state index in [1.165, 1.54) is 0 Å². The van der Waals surface area contributed by atoms with Crippen LogP contribution in [0.4, 0.5) is 4.39 Å². The fraction of sp³-hybridized carbons (Fsp3) is 0.571. The molecule has 3 amide bonds. The quantitative estimate of drug-likeness (QED) is 0.442. The molecule has 2 N–H and O–H groups in total. The largest absolute Gasteiger partial charge is 0.350 e. The van der Waals surface area contributed by atoms with Crippen LogP contribution in [0.1, 0.15) is 64.6 Å². The van der Waals surface area contributed by atoms with Gasteiger partial charge >= 0.3 is 0 Å². The highest BCUT2D eigenvalue weighted by Gasteiger charge is 2.53. The Morgan fingerprint density at radius 1 is 1.24 bits per heavy atom. The molecule has 2 unspecified atom stereocenters. The third kappa shape index (κ3) is 6.39. The van der Waals surface area contributed by atoms with E-state index < -0.39 is 28.4 Å². The molecule has 2 fully saturated rings. The predicted octanol–water partition coefficient (Wildman–Crippen LogP) is 4.63. The normalized spacial score (nSPS) is 19.3. The maximum Gasteiger partial charge on any atom is 0.258 e. The number of benzene rings is 1. The third-order valence-electron chi connectivity index (χ3n) is 7.12. The van der Waals surface area contributed by atoms with Crippen molar-refractivity contribution >= 4 is 40.8 Å². The molecule has 1 aliphatic heterocycles. The van der Waals surface area contributed by atoms with Crippen LogP contribution in [0.25, 0.3) is 10.4 Å². The van der Waals surface area contributed by atoms with Crippen molar-refractivity contribution in [1.82, 2.24) is 20.5 Å². The third-order valence-corrected chi connectivity index (χ3v) is 9.41. The molecule has 206 valence electrons. The van der Waals surface area contributed by atoms with Crippen molar-refractivity contribution in [3.05, 3.63) is 41.0 Å². The number of nitrogens with one attached hydrogen (secondary N) is 2. The molecule has 2 heterocycles. The average molecular weight is 561 g/mol. The molecule has 10 heteroatoms. The maximum absolute atomic E-state index is 14.5. The molecule has 1 saturated heterocycles. The molecule has 0 spiro atoms. The van der Waals surface area contributed by atoms with Gasteiger partial charge in [0.1, 0.15) is 12.1 Å². The van der Waals surface area contributed by atoms with E-state index in [9.17, 15) is 18.8 Å². The number of alkyl halides is 1. The second-order valence-electron chi connectivity index (χ2n) is 11.0. The summed E-state index contributed by atoms with van der Waals surface area (Å²) in [5, 5.41) is 5.90. The monoisotopic (exact) mass is 560 g/mol. The van der Waals surface area contributed by atoms with Gasteiger partial charge in [0, 0.05) is 17.8 Å². The Bertz CT molecular complexity index is 1180. The summed E-state index contributed by atoms with van der Waals surface area (Å²) in [7, 11) is 0. The lowest BCUT2D eigenvalue weighted by molar-refractivity contribution is -0.143. The molecule has 2 aliphatic rings. The number of hydrogen-bond acceptors (Lipinski definition) is 6. The molecule has 1 aliphatic carbocycles. The Morgan fingerprint density at radius 3 is 2.50 bits per heavy atom. The average Bonchev–Trinajstić information content (AvgIpc) is 3.24. The van der Waals surface area contributed by atoms with Crippen LogP contribution in [0.5, 0.6) is 0 Å². The molecule has 0 radical (unpaired) electrons. The van der Waals surface area contributed by atoms with Gasteiger partial charge in [-0.15, -0.1) is 11.3 Å². The van der Waals surface area contributed by atoms with Crippen LogP contribution in [-0.4, -0.2) is 61.9 Å². The highest BCUT2D eigenvalue weighted by atomic mass is 32.2. The van der Waals surface area contributed by atoms with Gasteiger partial charge in [0.15, 0.2) is 5.67 Å². The number of carbonyl (C=O) groups is 3. The first-order valence-electron chi connectivity index (χ1n) is 13.2. The Balaban J connectivity index is 1.43. The van der Waals surface area contributed by atoms with Crippen LogP contribution in [0, 0.1) is 6.92 Å². The standard InChI is InChI=1S/C28H37FN4O3S2/c1-17(2)38-27(4,5)23(32-26(36)28(29)12-13-28)25(35)33-14-6-7-21(33)24(34)30-15-19-8-10-20(11-9-19)22-18(3)31-16-37-22/h8-11,16-17,21,23H,6-7,12-15H2,1-5H3,(H,30,34)(H,32,36). The number of thioether (sulfide) groups is 1. The van der Waals surface area contributed by atoms with E-state index in [0.717, 1.165) is 21.7 Å². The molecular weight excluding hydrogens is 523 g/mol. The van der Waals surface area contributed by atoms with Crippen LogP contribution in [-0.2, 0) is 20.9 Å². The van der Waals surface area contributed by atoms with Gasteiger partial charge in [0.05, 0.1) is 16.1 Å². The molecule has 2 aromatic rings. The van der Waals surface area contributed by atoms with E-state index >= 15 is 0 Å².